The van der Waals surface area contributed by atoms with Gasteiger partial charge < -0.3 is 14.8 Å². The van der Waals surface area contributed by atoms with Crippen molar-refractivity contribution in [1.82, 2.24) is 19.6 Å². The highest BCUT2D eigenvalue weighted by molar-refractivity contribution is 6.30. The van der Waals surface area contributed by atoms with Gasteiger partial charge in [0.05, 0.1) is 18.3 Å². The van der Waals surface area contributed by atoms with Crippen molar-refractivity contribution >= 4 is 23.2 Å². The van der Waals surface area contributed by atoms with Gasteiger partial charge in [-0.15, -0.1) is 0 Å². The molecule has 0 aliphatic heterocycles. The molecule has 8 heteroatoms. The standard InChI is InChI=1S/C17H20ClN5O2/c1-11(16(25-3)12-4-6-13(18)7-5-12)21-15-8-14(9-24-2)22-17-19-10-20-23(15)17/h4-8,10-11,16,21H,9H2,1-3H3. The summed E-state index contributed by atoms with van der Waals surface area (Å²) in [6.45, 7) is 2.44. The molecular formula is C17H20ClN5O2. The Hall–Kier alpha value is -2.22. The van der Waals surface area contributed by atoms with E-state index >= 15 is 0 Å². The van der Waals surface area contributed by atoms with E-state index in [0.29, 0.717) is 17.4 Å². The molecule has 7 nitrogen and oxygen atoms in total. The predicted molar refractivity (Wildman–Crippen MR) is 95.8 cm³/mol. The highest BCUT2D eigenvalue weighted by Gasteiger charge is 2.20. The second-order valence-corrected chi connectivity index (χ2v) is 6.11. The summed E-state index contributed by atoms with van der Waals surface area (Å²) in [5, 5.41) is 8.36. The third-order valence-corrected chi connectivity index (χ3v) is 4.13. The zero-order valence-electron chi connectivity index (χ0n) is 14.3. The van der Waals surface area contributed by atoms with Crippen LogP contribution in [0.4, 0.5) is 5.82 Å². The number of ether oxygens (including phenoxy) is 2. The van der Waals surface area contributed by atoms with Gasteiger partial charge in [-0.1, -0.05) is 23.7 Å². The van der Waals surface area contributed by atoms with Gasteiger partial charge in [0.15, 0.2) is 0 Å². The number of hydrogen-bond donors (Lipinski definition) is 1. The van der Waals surface area contributed by atoms with Crippen LogP contribution in [0.25, 0.3) is 5.78 Å². The van der Waals surface area contributed by atoms with Gasteiger partial charge in [0.1, 0.15) is 18.2 Å². The first-order valence-electron chi connectivity index (χ1n) is 7.85. The third kappa shape index (κ3) is 3.89. The summed E-state index contributed by atoms with van der Waals surface area (Å²) in [4.78, 5) is 8.57. The van der Waals surface area contributed by atoms with Crippen LogP contribution in [-0.2, 0) is 16.1 Å². The van der Waals surface area contributed by atoms with E-state index in [0.717, 1.165) is 17.1 Å². The average molecular weight is 362 g/mol. The minimum absolute atomic E-state index is 0.0311. The van der Waals surface area contributed by atoms with Crippen LogP contribution in [0.15, 0.2) is 36.7 Å². The number of rotatable bonds is 7. The summed E-state index contributed by atoms with van der Waals surface area (Å²) in [5.41, 5.74) is 1.81. The average Bonchev–Trinajstić information content (AvgIpc) is 3.06. The highest BCUT2D eigenvalue weighted by Crippen LogP contribution is 2.25. The van der Waals surface area contributed by atoms with Crippen molar-refractivity contribution in [2.24, 2.45) is 0 Å². The molecule has 2 unspecified atom stereocenters. The molecule has 0 saturated carbocycles. The fourth-order valence-corrected chi connectivity index (χ4v) is 2.90. The number of fused-ring (bicyclic) bond motifs is 1. The maximum absolute atomic E-state index is 5.98. The van der Waals surface area contributed by atoms with Gasteiger partial charge in [-0.05, 0) is 24.6 Å². The van der Waals surface area contributed by atoms with Crippen LogP contribution in [0, 0.1) is 0 Å². The van der Waals surface area contributed by atoms with Crippen molar-refractivity contribution in [3.05, 3.63) is 52.9 Å². The van der Waals surface area contributed by atoms with E-state index in [9.17, 15) is 0 Å². The quantitative estimate of drug-likeness (QED) is 0.697. The first kappa shape index (κ1) is 17.6. The summed E-state index contributed by atoms with van der Waals surface area (Å²) < 4.78 is 12.5. The minimum Gasteiger partial charge on any atom is -0.378 e. The second kappa shape index (κ2) is 7.77. The number of methoxy groups -OCH3 is 2. The first-order chi connectivity index (χ1) is 12.1. The van der Waals surface area contributed by atoms with Crippen LogP contribution >= 0.6 is 11.6 Å². The third-order valence-electron chi connectivity index (χ3n) is 3.88. The Labute approximate surface area is 151 Å². The Morgan fingerprint density at radius 2 is 2.00 bits per heavy atom. The normalized spacial score (nSPS) is 13.8. The lowest BCUT2D eigenvalue weighted by Gasteiger charge is -2.25. The van der Waals surface area contributed by atoms with Gasteiger partial charge in [-0.3, -0.25) is 0 Å². The largest absolute Gasteiger partial charge is 0.378 e. The Morgan fingerprint density at radius 3 is 2.68 bits per heavy atom. The number of hydrogen-bond acceptors (Lipinski definition) is 6. The van der Waals surface area contributed by atoms with Crippen LogP contribution in [0.2, 0.25) is 5.02 Å². The van der Waals surface area contributed by atoms with Gasteiger partial charge in [0, 0.05) is 25.3 Å². The molecular weight excluding hydrogens is 342 g/mol. The lowest BCUT2D eigenvalue weighted by molar-refractivity contribution is 0.0906. The Bertz CT molecular complexity index is 837. The van der Waals surface area contributed by atoms with Crippen LogP contribution in [0.5, 0.6) is 0 Å². The number of anilines is 1. The van der Waals surface area contributed by atoms with Gasteiger partial charge in [-0.25, -0.2) is 4.98 Å². The summed E-state index contributed by atoms with van der Waals surface area (Å²) in [6.07, 6.45) is 1.32. The molecule has 0 radical (unpaired) electrons. The predicted octanol–water partition coefficient (Wildman–Crippen LogP) is 3.11. The Balaban J connectivity index is 1.88. The summed E-state index contributed by atoms with van der Waals surface area (Å²) in [6, 6.07) is 9.50. The van der Waals surface area contributed by atoms with E-state index in [-0.39, 0.29) is 12.1 Å². The van der Waals surface area contributed by atoms with Gasteiger partial charge >= 0.3 is 0 Å². The number of nitrogens with zero attached hydrogens (tertiary/aromatic N) is 4. The topological polar surface area (TPSA) is 73.6 Å². The molecule has 0 aliphatic carbocycles. The number of nitrogens with one attached hydrogen (secondary N) is 1. The lowest BCUT2D eigenvalue weighted by Crippen LogP contribution is -2.27. The molecule has 3 rings (SSSR count). The lowest BCUT2D eigenvalue weighted by atomic mass is 10.0. The van der Waals surface area contributed by atoms with Gasteiger partial charge in [0.2, 0.25) is 0 Å². The van der Waals surface area contributed by atoms with Gasteiger partial charge in [0.25, 0.3) is 5.78 Å². The molecule has 2 atom stereocenters. The van der Waals surface area contributed by atoms with Crippen molar-refractivity contribution in [2.75, 3.05) is 19.5 Å². The summed E-state index contributed by atoms with van der Waals surface area (Å²) >= 11 is 5.98. The number of benzene rings is 1. The van der Waals surface area contributed by atoms with Crippen molar-refractivity contribution < 1.29 is 9.47 Å². The van der Waals surface area contributed by atoms with E-state index in [1.165, 1.54) is 6.33 Å². The van der Waals surface area contributed by atoms with Crippen molar-refractivity contribution in [1.29, 1.82) is 0 Å². The van der Waals surface area contributed by atoms with E-state index in [2.05, 4.69) is 20.4 Å². The summed E-state index contributed by atoms with van der Waals surface area (Å²) in [7, 11) is 3.32. The number of aromatic nitrogens is 4. The second-order valence-electron chi connectivity index (χ2n) is 5.68. The zero-order valence-corrected chi connectivity index (χ0v) is 15.1. The fraction of sp³-hybridized carbons (Fsp3) is 0.353. The molecule has 2 heterocycles. The SMILES string of the molecule is COCc1cc(NC(C)C(OC)c2ccc(Cl)cc2)n2ncnc2n1. The molecule has 0 amide bonds. The van der Waals surface area contributed by atoms with Crippen LogP contribution < -0.4 is 5.32 Å². The molecule has 1 N–H and O–H groups in total. The Kier molecular flexibility index (Phi) is 5.47. The maximum Gasteiger partial charge on any atom is 0.254 e. The molecule has 2 aromatic heterocycles. The fourth-order valence-electron chi connectivity index (χ4n) is 2.78. The molecule has 1 aromatic carbocycles. The van der Waals surface area contributed by atoms with Crippen molar-refractivity contribution in [3.8, 4) is 0 Å². The monoisotopic (exact) mass is 361 g/mol. The Morgan fingerprint density at radius 1 is 1.24 bits per heavy atom. The van der Waals surface area contributed by atoms with E-state index in [1.54, 1.807) is 18.7 Å². The molecule has 0 aliphatic rings. The van der Waals surface area contributed by atoms with Crippen molar-refractivity contribution in [2.45, 2.75) is 25.7 Å². The molecule has 0 bridgehead atoms. The smallest absolute Gasteiger partial charge is 0.254 e. The zero-order chi connectivity index (χ0) is 17.8. The first-order valence-corrected chi connectivity index (χ1v) is 8.23. The van der Waals surface area contributed by atoms with E-state index < -0.39 is 0 Å². The van der Waals surface area contributed by atoms with Crippen LogP contribution in [0.1, 0.15) is 24.3 Å². The van der Waals surface area contributed by atoms with Crippen molar-refractivity contribution in [3.63, 3.8) is 0 Å². The van der Waals surface area contributed by atoms with E-state index in [1.807, 2.05) is 37.3 Å². The van der Waals surface area contributed by atoms with E-state index in [4.69, 9.17) is 21.1 Å². The molecule has 0 spiro atoms. The minimum atomic E-state index is -0.158. The molecule has 0 fully saturated rings. The number of halogens is 1. The maximum atomic E-state index is 5.98. The van der Waals surface area contributed by atoms with Gasteiger partial charge in [-0.2, -0.15) is 14.6 Å². The van der Waals surface area contributed by atoms with Crippen LogP contribution in [0.3, 0.4) is 0 Å². The van der Waals surface area contributed by atoms with Crippen LogP contribution in [-0.4, -0.2) is 39.8 Å². The highest BCUT2D eigenvalue weighted by atomic mass is 35.5. The summed E-state index contributed by atoms with van der Waals surface area (Å²) in [5.74, 6) is 1.29. The molecule has 132 valence electrons. The molecule has 25 heavy (non-hydrogen) atoms. The molecule has 0 saturated heterocycles. The molecule has 3 aromatic rings.